The van der Waals surface area contributed by atoms with Crippen LogP contribution in [-0.2, 0) is 0 Å². The second kappa shape index (κ2) is 5.47. The molecule has 0 aromatic carbocycles. The summed E-state index contributed by atoms with van der Waals surface area (Å²) < 4.78 is 0. The van der Waals surface area contributed by atoms with Crippen molar-refractivity contribution < 1.29 is 0 Å². The van der Waals surface area contributed by atoms with Gasteiger partial charge in [0.2, 0.25) is 0 Å². The highest BCUT2D eigenvalue weighted by Crippen LogP contribution is 2.37. The highest BCUT2D eigenvalue weighted by atomic mass is 32.2. The summed E-state index contributed by atoms with van der Waals surface area (Å²) in [6, 6.07) is 0.740. The Morgan fingerprint density at radius 2 is 2.29 bits per heavy atom. The Hall–Kier alpha value is 0.230. The number of nitrogens with two attached hydrogens (primary N) is 1. The first kappa shape index (κ1) is 13.7. The maximum Gasteiger partial charge on any atom is 0.0430 e. The van der Waals surface area contributed by atoms with Crippen LogP contribution in [0.1, 0.15) is 26.2 Å². The van der Waals surface area contributed by atoms with Crippen molar-refractivity contribution >= 4 is 11.8 Å². The predicted molar refractivity (Wildman–Crippen MR) is 76.6 cm³/mol. The number of likely N-dealkylation sites (N-methyl/N-ethyl adjacent to an activating group) is 2. The molecule has 17 heavy (non-hydrogen) atoms. The van der Waals surface area contributed by atoms with Gasteiger partial charge in [0.05, 0.1) is 0 Å². The summed E-state index contributed by atoms with van der Waals surface area (Å²) in [4.78, 5) is 5.06. The van der Waals surface area contributed by atoms with Gasteiger partial charge in [-0.3, -0.25) is 4.90 Å². The Bertz CT molecular complexity index is 261. The zero-order valence-electron chi connectivity index (χ0n) is 11.5. The Kier molecular flexibility index (Phi) is 4.40. The molecule has 2 saturated heterocycles. The van der Waals surface area contributed by atoms with Crippen LogP contribution in [-0.4, -0.2) is 66.1 Å². The van der Waals surface area contributed by atoms with Crippen LogP contribution in [0.2, 0.25) is 0 Å². The van der Waals surface area contributed by atoms with Gasteiger partial charge in [0.1, 0.15) is 0 Å². The molecule has 2 N–H and O–H groups in total. The third-order valence-corrected chi connectivity index (χ3v) is 6.09. The average molecular weight is 257 g/mol. The molecule has 2 aliphatic heterocycles. The first-order valence-electron chi connectivity index (χ1n) is 6.80. The van der Waals surface area contributed by atoms with E-state index in [0.29, 0.717) is 0 Å². The van der Waals surface area contributed by atoms with Gasteiger partial charge in [0.25, 0.3) is 0 Å². The molecule has 0 aliphatic carbocycles. The molecule has 0 saturated carbocycles. The van der Waals surface area contributed by atoms with E-state index < -0.39 is 0 Å². The molecule has 0 amide bonds. The van der Waals surface area contributed by atoms with Crippen molar-refractivity contribution in [1.29, 1.82) is 0 Å². The van der Waals surface area contributed by atoms with Crippen LogP contribution >= 0.6 is 11.8 Å². The smallest absolute Gasteiger partial charge is 0.0430 e. The lowest BCUT2D eigenvalue weighted by atomic mass is 9.94. The van der Waals surface area contributed by atoms with Gasteiger partial charge >= 0.3 is 0 Å². The van der Waals surface area contributed by atoms with Crippen molar-refractivity contribution in [1.82, 2.24) is 9.80 Å². The van der Waals surface area contributed by atoms with Crippen LogP contribution < -0.4 is 5.73 Å². The second-order valence-corrected chi connectivity index (χ2v) is 7.34. The SMILES string of the molecule is CC1CC(CN)(N(C)CC2CCCN2C)CS1. The summed E-state index contributed by atoms with van der Waals surface area (Å²) in [7, 11) is 4.53. The molecule has 4 heteroatoms. The molecule has 0 aromatic rings. The summed E-state index contributed by atoms with van der Waals surface area (Å²) in [6.07, 6.45) is 3.96. The van der Waals surface area contributed by atoms with Gasteiger partial charge in [0, 0.05) is 35.7 Å². The standard InChI is InChI=1S/C13H27N3S/c1-11-7-13(9-14,10-17-11)16(3)8-12-5-4-6-15(12)2/h11-12H,4-10,14H2,1-3H3. The number of hydrogen-bond acceptors (Lipinski definition) is 4. The fourth-order valence-electron chi connectivity index (χ4n) is 3.23. The third-order valence-electron chi connectivity index (χ3n) is 4.65. The lowest BCUT2D eigenvalue weighted by Gasteiger charge is -2.40. The van der Waals surface area contributed by atoms with E-state index in [2.05, 4.69) is 42.6 Å². The number of rotatable bonds is 4. The first-order valence-corrected chi connectivity index (χ1v) is 7.85. The van der Waals surface area contributed by atoms with Crippen LogP contribution in [0, 0.1) is 0 Å². The molecule has 2 rings (SSSR count). The fourth-order valence-corrected chi connectivity index (χ4v) is 4.71. The van der Waals surface area contributed by atoms with Crippen LogP contribution in [0.15, 0.2) is 0 Å². The number of hydrogen-bond donors (Lipinski definition) is 1. The molecule has 0 aromatic heterocycles. The molecule has 0 bridgehead atoms. The number of thioether (sulfide) groups is 1. The van der Waals surface area contributed by atoms with Gasteiger partial charge in [-0.1, -0.05) is 6.92 Å². The van der Waals surface area contributed by atoms with E-state index in [4.69, 9.17) is 5.73 Å². The van der Waals surface area contributed by atoms with E-state index >= 15 is 0 Å². The Labute approximate surface area is 110 Å². The van der Waals surface area contributed by atoms with E-state index in [-0.39, 0.29) is 5.54 Å². The van der Waals surface area contributed by atoms with E-state index in [0.717, 1.165) is 17.8 Å². The van der Waals surface area contributed by atoms with Crippen LogP contribution in [0.5, 0.6) is 0 Å². The third kappa shape index (κ3) is 2.80. The van der Waals surface area contributed by atoms with Gasteiger partial charge in [-0.2, -0.15) is 11.8 Å². The molecule has 2 aliphatic rings. The summed E-state index contributed by atoms with van der Waals surface area (Å²) in [6.45, 7) is 5.58. The molecule has 3 unspecified atom stereocenters. The molecule has 100 valence electrons. The first-order chi connectivity index (χ1) is 8.07. The summed E-state index contributed by atoms with van der Waals surface area (Å²) >= 11 is 2.08. The summed E-state index contributed by atoms with van der Waals surface area (Å²) in [5.74, 6) is 1.21. The minimum atomic E-state index is 0.257. The molecule has 0 spiro atoms. The second-order valence-electron chi connectivity index (χ2n) is 5.91. The van der Waals surface area contributed by atoms with Crippen LogP contribution in [0.4, 0.5) is 0 Å². The predicted octanol–water partition coefficient (Wildman–Crippen LogP) is 1.24. The largest absolute Gasteiger partial charge is 0.329 e. The van der Waals surface area contributed by atoms with Crippen molar-refractivity contribution in [3.63, 3.8) is 0 Å². The van der Waals surface area contributed by atoms with Gasteiger partial charge in [-0.05, 0) is 39.9 Å². The van der Waals surface area contributed by atoms with Crippen LogP contribution in [0.3, 0.4) is 0 Å². The van der Waals surface area contributed by atoms with Crippen molar-refractivity contribution in [2.75, 3.05) is 39.5 Å². The maximum absolute atomic E-state index is 6.07. The number of nitrogens with zero attached hydrogens (tertiary/aromatic N) is 2. The summed E-state index contributed by atoms with van der Waals surface area (Å²) in [5.41, 5.74) is 6.33. The Morgan fingerprint density at radius 1 is 1.53 bits per heavy atom. The molecule has 3 atom stereocenters. The molecule has 2 heterocycles. The van der Waals surface area contributed by atoms with Gasteiger partial charge < -0.3 is 10.6 Å². The molecule has 0 radical (unpaired) electrons. The monoisotopic (exact) mass is 257 g/mol. The van der Waals surface area contributed by atoms with E-state index in [9.17, 15) is 0 Å². The molecule has 2 fully saturated rings. The lowest BCUT2D eigenvalue weighted by Crippen LogP contribution is -2.55. The van der Waals surface area contributed by atoms with Gasteiger partial charge in [-0.15, -0.1) is 0 Å². The topological polar surface area (TPSA) is 32.5 Å². The normalized spacial score (nSPS) is 39.4. The fraction of sp³-hybridized carbons (Fsp3) is 1.00. The highest BCUT2D eigenvalue weighted by Gasteiger charge is 2.41. The minimum absolute atomic E-state index is 0.257. The highest BCUT2D eigenvalue weighted by molar-refractivity contribution is 8.00. The molecule has 3 nitrogen and oxygen atoms in total. The quantitative estimate of drug-likeness (QED) is 0.821. The Balaban J connectivity index is 1.95. The average Bonchev–Trinajstić information content (AvgIpc) is 2.87. The lowest BCUT2D eigenvalue weighted by molar-refractivity contribution is 0.112. The maximum atomic E-state index is 6.07. The van der Waals surface area contributed by atoms with Crippen molar-refractivity contribution in [2.45, 2.75) is 43.0 Å². The van der Waals surface area contributed by atoms with E-state index in [1.807, 2.05) is 0 Å². The minimum Gasteiger partial charge on any atom is -0.329 e. The van der Waals surface area contributed by atoms with E-state index in [1.165, 1.54) is 38.1 Å². The van der Waals surface area contributed by atoms with Crippen molar-refractivity contribution in [2.24, 2.45) is 5.73 Å². The zero-order chi connectivity index (χ0) is 12.5. The summed E-state index contributed by atoms with van der Waals surface area (Å²) in [5, 5.41) is 0.766. The molecular formula is C13H27N3S. The van der Waals surface area contributed by atoms with Crippen LogP contribution in [0.25, 0.3) is 0 Å². The van der Waals surface area contributed by atoms with E-state index in [1.54, 1.807) is 0 Å². The van der Waals surface area contributed by atoms with Gasteiger partial charge in [0.15, 0.2) is 0 Å². The molecular weight excluding hydrogens is 230 g/mol. The Morgan fingerprint density at radius 3 is 2.76 bits per heavy atom. The van der Waals surface area contributed by atoms with Crippen molar-refractivity contribution in [3.8, 4) is 0 Å². The number of likely N-dealkylation sites (tertiary alicyclic amines) is 1. The zero-order valence-corrected chi connectivity index (χ0v) is 12.3. The van der Waals surface area contributed by atoms with Gasteiger partial charge in [-0.25, -0.2) is 0 Å². The van der Waals surface area contributed by atoms with Crippen molar-refractivity contribution in [3.05, 3.63) is 0 Å².